The molecule has 2 saturated carbocycles. The van der Waals surface area contributed by atoms with Crippen LogP contribution in [0.3, 0.4) is 0 Å². The molecule has 0 heterocycles. The van der Waals surface area contributed by atoms with E-state index in [-0.39, 0.29) is 0 Å². The van der Waals surface area contributed by atoms with E-state index >= 15 is 0 Å². The number of para-hydroxylation sites is 1. The first-order chi connectivity index (χ1) is 13.2. The normalized spacial score (nSPS) is 24.3. The van der Waals surface area contributed by atoms with Crippen LogP contribution in [0.5, 0.6) is 5.75 Å². The van der Waals surface area contributed by atoms with Gasteiger partial charge in [-0.15, -0.1) is 0 Å². The van der Waals surface area contributed by atoms with Crippen LogP contribution in [0.2, 0.25) is 0 Å². The van der Waals surface area contributed by atoms with Crippen LogP contribution in [0, 0.1) is 5.92 Å². The van der Waals surface area contributed by atoms with Crippen LogP contribution in [-0.2, 0) is 17.3 Å². The molecule has 2 fully saturated rings. The molecule has 0 amide bonds. The van der Waals surface area contributed by atoms with Gasteiger partial charge in [0, 0.05) is 47.0 Å². The van der Waals surface area contributed by atoms with Gasteiger partial charge in [-0.25, -0.2) is 0 Å². The number of nitrogens with one attached hydrogen (secondary N) is 2. The van der Waals surface area contributed by atoms with Gasteiger partial charge in [0.25, 0.3) is 0 Å². The molecule has 0 radical (unpaired) electrons. The maximum atomic E-state index is 12.2. The minimum absolute atomic E-state index is 0.316. The molecule has 27 heavy (non-hydrogen) atoms. The van der Waals surface area contributed by atoms with E-state index in [4.69, 9.17) is 4.74 Å². The number of guanidine groups is 1. The van der Waals surface area contributed by atoms with Crippen LogP contribution in [0.25, 0.3) is 0 Å². The van der Waals surface area contributed by atoms with E-state index in [1.165, 1.54) is 12.8 Å². The summed E-state index contributed by atoms with van der Waals surface area (Å²) in [7, 11) is 1.10. The van der Waals surface area contributed by atoms with E-state index < -0.39 is 10.8 Å². The number of hydrogen-bond acceptors (Lipinski definition) is 3. The monoisotopic (exact) mass is 391 g/mol. The summed E-state index contributed by atoms with van der Waals surface area (Å²) in [5, 5.41) is 7.26. The molecule has 2 aliphatic carbocycles. The lowest BCUT2D eigenvalue weighted by Gasteiger charge is -2.30. The Morgan fingerprint density at radius 3 is 2.81 bits per heavy atom. The minimum atomic E-state index is -0.706. The summed E-state index contributed by atoms with van der Waals surface area (Å²) in [4.78, 5) is 4.38. The van der Waals surface area contributed by atoms with Crippen LogP contribution in [0.15, 0.2) is 29.3 Å². The van der Waals surface area contributed by atoms with Gasteiger partial charge in [0.1, 0.15) is 5.75 Å². The van der Waals surface area contributed by atoms with Gasteiger partial charge >= 0.3 is 0 Å². The van der Waals surface area contributed by atoms with Gasteiger partial charge in [0.05, 0.1) is 6.61 Å². The molecular weight excluding hydrogens is 358 g/mol. The average molecular weight is 392 g/mol. The molecule has 1 aromatic carbocycles. The van der Waals surface area contributed by atoms with Crippen molar-refractivity contribution in [3.63, 3.8) is 0 Å². The van der Waals surface area contributed by atoms with Gasteiger partial charge in [-0.05, 0) is 44.1 Å². The number of aliphatic imine (C=N–C) groups is 1. The Kier molecular flexibility index (Phi) is 7.56. The Hall–Kier alpha value is -1.56. The average Bonchev–Trinajstić information content (AvgIpc) is 3.54. The Morgan fingerprint density at radius 2 is 2.07 bits per heavy atom. The van der Waals surface area contributed by atoms with Crippen LogP contribution in [0.1, 0.15) is 51.0 Å². The van der Waals surface area contributed by atoms with Crippen molar-refractivity contribution in [1.29, 1.82) is 0 Å². The molecular formula is C21H33N3O2S. The fourth-order valence-electron chi connectivity index (χ4n) is 3.60. The summed E-state index contributed by atoms with van der Waals surface area (Å²) in [5.74, 6) is 3.26. The fraction of sp³-hybridized carbons (Fsp3) is 0.667. The quantitative estimate of drug-likeness (QED) is 0.528. The number of hydrogen-bond donors (Lipinski definition) is 2. The summed E-state index contributed by atoms with van der Waals surface area (Å²) in [5.41, 5.74) is 1.15. The summed E-state index contributed by atoms with van der Waals surface area (Å²) >= 11 is 0. The first kappa shape index (κ1) is 20.2. The number of benzene rings is 1. The summed E-state index contributed by atoms with van der Waals surface area (Å²) in [6.45, 7) is 3.51. The van der Waals surface area contributed by atoms with Crippen LogP contribution >= 0.6 is 0 Å². The van der Waals surface area contributed by atoms with Gasteiger partial charge < -0.3 is 15.4 Å². The summed E-state index contributed by atoms with van der Waals surface area (Å²) < 4.78 is 18.1. The molecule has 6 heteroatoms. The van der Waals surface area contributed by atoms with Gasteiger partial charge in [0.15, 0.2) is 5.96 Å². The maximum Gasteiger partial charge on any atom is 0.191 e. The molecule has 5 nitrogen and oxygen atoms in total. The number of nitrogens with zero attached hydrogens (tertiary/aromatic N) is 1. The van der Waals surface area contributed by atoms with Crippen molar-refractivity contribution in [3.8, 4) is 5.75 Å². The smallest absolute Gasteiger partial charge is 0.191 e. The summed E-state index contributed by atoms with van der Waals surface area (Å²) in [6.07, 6.45) is 6.87. The van der Waals surface area contributed by atoms with Crippen molar-refractivity contribution >= 4 is 16.8 Å². The zero-order chi connectivity index (χ0) is 19.1. The van der Waals surface area contributed by atoms with Gasteiger partial charge in [0.2, 0.25) is 0 Å². The van der Waals surface area contributed by atoms with Crippen molar-refractivity contribution < 1.29 is 8.95 Å². The molecule has 150 valence electrons. The first-order valence-corrected chi connectivity index (χ1v) is 11.6. The molecule has 3 unspecified atom stereocenters. The van der Waals surface area contributed by atoms with E-state index in [1.807, 2.05) is 25.1 Å². The van der Waals surface area contributed by atoms with Crippen LogP contribution in [-0.4, -0.2) is 40.9 Å². The number of ether oxygens (including phenoxy) is 1. The van der Waals surface area contributed by atoms with E-state index in [2.05, 4.69) is 21.7 Å². The third kappa shape index (κ3) is 6.23. The first-order valence-electron chi connectivity index (χ1n) is 10.2. The molecule has 2 aliphatic rings. The highest BCUT2D eigenvalue weighted by molar-refractivity contribution is 7.85. The van der Waals surface area contributed by atoms with E-state index in [0.717, 1.165) is 61.2 Å². The molecule has 3 atom stereocenters. The molecule has 2 N–H and O–H groups in total. The predicted octanol–water partition coefficient (Wildman–Crippen LogP) is 3.22. The Labute approximate surface area is 165 Å². The van der Waals surface area contributed by atoms with E-state index in [1.54, 1.807) is 7.05 Å². The second kappa shape index (κ2) is 10.1. The van der Waals surface area contributed by atoms with Gasteiger partial charge in [-0.2, -0.15) is 0 Å². The molecule has 0 aliphatic heterocycles. The Balaban J connectivity index is 1.51. The van der Waals surface area contributed by atoms with Crippen molar-refractivity contribution in [2.75, 3.05) is 19.4 Å². The lowest BCUT2D eigenvalue weighted by molar-refractivity contribution is 0.296. The molecule has 0 spiro atoms. The van der Waals surface area contributed by atoms with Crippen molar-refractivity contribution in [2.45, 2.75) is 63.3 Å². The largest absolute Gasteiger partial charge is 0.493 e. The highest BCUT2D eigenvalue weighted by Crippen LogP contribution is 2.30. The maximum absolute atomic E-state index is 12.2. The van der Waals surface area contributed by atoms with Crippen LogP contribution in [0.4, 0.5) is 0 Å². The third-order valence-corrected chi connectivity index (χ3v) is 7.18. The SMILES string of the molecule is CCS(=O)C1CCCC(NC(=NC)NCc2ccccc2OCC2CC2)C1. The number of rotatable bonds is 8. The predicted molar refractivity (Wildman–Crippen MR) is 113 cm³/mol. The topological polar surface area (TPSA) is 62.7 Å². The third-order valence-electron chi connectivity index (χ3n) is 5.44. The molecule has 1 aromatic rings. The molecule has 0 saturated heterocycles. The van der Waals surface area contributed by atoms with Gasteiger partial charge in [-0.3, -0.25) is 9.20 Å². The lowest BCUT2D eigenvalue weighted by atomic mass is 9.95. The second-order valence-corrected chi connectivity index (χ2v) is 9.59. The standard InChI is InChI=1S/C21H33N3O2S/c1-3-27(25)19-9-6-8-18(13-19)24-21(22-2)23-14-17-7-4-5-10-20(17)26-15-16-11-12-16/h4-5,7,10,16,18-19H,3,6,8-9,11-15H2,1-2H3,(H2,22,23,24). The Bertz CT molecular complexity index is 661. The zero-order valence-electron chi connectivity index (χ0n) is 16.6. The molecule has 0 bridgehead atoms. The van der Waals surface area contributed by atoms with Crippen molar-refractivity contribution in [1.82, 2.24) is 10.6 Å². The zero-order valence-corrected chi connectivity index (χ0v) is 17.4. The molecule has 0 aromatic heterocycles. The van der Waals surface area contributed by atoms with Crippen molar-refractivity contribution in [2.24, 2.45) is 10.9 Å². The Morgan fingerprint density at radius 1 is 1.26 bits per heavy atom. The summed E-state index contributed by atoms with van der Waals surface area (Å²) in [6, 6.07) is 8.55. The lowest BCUT2D eigenvalue weighted by Crippen LogP contribution is -2.46. The minimum Gasteiger partial charge on any atom is -0.493 e. The highest BCUT2D eigenvalue weighted by Gasteiger charge is 2.26. The second-order valence-electron chi connectivity index (χ2n) is 7.59. The van der Waals surface area contributed by atoms with Crippen LogP contribution < -0.4 is 15.4 Å². The highest BCUT2D eigenvalue weighted by atomic mass is 32.2. The molecule has 3 rings (SSSR count). The van der Waals surface area contributed by atoms with E-state index in [9.17, 15) is 4.21 Å². The van der Waals surface area contributed by atoms with Crippen molar-refractivity contribution in [3.05, 3.63) is 29.8 Å². The van der Waals surface area contributed by atoms with Gasteiger partial charge in [-0.1, -0.05) is 31.5 Å². The van der Waals surface area contributed by atoms with E-state index in [0.29, 0.717) is 17.8 Å². The fourth-order valence-corrected chi connectivity index (χ4v) is 4.95.